The van der Waals surface area contributed by atoms with Gasteiger partial charge >= 0.3 is 0 Å². The summed E-state index contributed by atoms with van der Waals surface area (Å²) in [6.07, 6.45) is -5.27. The molecule has 0 aliphatic heterocycles. The van der Waals surface area contributed by atoms with E-state index >= 15 is 0 Å². The molecular weight excluding hydrogens is 216 g/mol. The van der Waals surface area contributed by atoms with Crippen LogP contribution in [0.2, 0.25) is 0 Å². The van der Waals surface area contributed by atoms with E-state index in [-0.39, 0.29) is 25.7 Å². The van der Waals surface area contributed by atoms with Crippen LogP contribution in [0.3, 0.4) is 0 Å². The lowest BCUT2D eigenvalue weighted by atomic mass is 9.61. The lowest BCUT2D eigenvalue weighted by Crippen LogP contribution is -2.68. The maximum absolute atomic E-state index is 10.2. The quantitative estimate of drug-likeness (QED) is 0.275. The zero-order valence-electron chi connectivity index (χ0n) is 8.82. The average molecular weight is 234 g/mol. The van der Waals surface area contributed by atoms with Crippen LogP contribution in [0.15, 0.2) is 0 Å². The van der Waals surface area contributed by atoms with Gasteiger partial charge in [-0.25, -0.2) is 0 Å². The van der Waals surface area contributed by atoms with Crippen LogP contribution in [0, 0.1) is 0 Å². The van der Waals surface area contributed by atoms with E-state index in [1.54, 1.807) is 0 Å². The Morgan fingerprint density at radius 1 is 0.562 bits per heavy atom. The van der Waals surface area contributed by atoms with Crippen molar-refractivity contribution in [2.24, 2.45) is 0 Å². The Balaban J connectivity index is 2.27. The molecule has 0 aromatic carbocycles. The largest absolute Gasteiger partial charge is 0.390 e. The average Bonchev–Trinajstić information content (AvgIpc) is 2.12. The molecule has 0 spiro atoms. The molecule has 2 aliphatic rings. The molecule has 2 saturated carbocycles. The van der Waals surface area contributed by atoms with Gasteiger partial charge in [0.2, 0.25) is 0 Å². The maximum atomic E-state index is 10.2. The molecule has 2 aliphatic carbocycles. The first-order chi connectivity index (χ1) is 7.27. The van der Waals surface area contributed by atoms with Crippen LogP contribution in [0.4, 0.5) is 0 Å². The molecule has 0 radical (unpaired) electrons. The second kappa shape index (κ2) is 3.63. The first-order valence-corrected chi connectivity index (χ1v) is 5.44. The summed E-state index contributed by atoms with van der Waals surface area (Å²) in [4.78, 5) is 0. The number of hydrogen-bond acceptors (Lipinski definition) is 6. The maximum Gasteiger partial charge on any atom is 0.0986 e. The van der Waals surface area contributed by atoms with E-state index in [0.29, 0.717) is 0 Å². The van der Waals surface area contributed by atoms with Crippen LogP contribution < -0.4 is 0 Å². The van der Waals surface area contributed by atoms with E-state index in [1.165, 1.54) is 0 Å². The predicted octanol–water partition coefficient (Wildman–Crippen LogP) is -2.52. The van der Waals surface area contributed by atoms with Crippen LogP contribution in [0.25, 0.3) is 0 Å². The van der Waals surface area contributed by atoms with E-state index in [0.717, 1.165) is 0 Å². The van der Waals surface area contributed by atoms with Crippen LogP contribution >= 0.6 is 0 Å². The standard InChI is InChI=1S/C10H18O6/c11-5-1-9(15)2-7(13)8(14)4-10(9,16)3-6(5)12/h5-8,11-16H,1-4H2. The van der Waals surface area contributed by atoms with Crippen molar-refractivity contribution in [3.05, 3.63) is 0 Å². The SMILES string of the molecule is OC1CC2(O)CC(O)C(O)CC2(O)CC1O. The second-order valence-electron chi connectivity index (χ2n) is 5.15. The first kappa shape index (κ1) is 12.2. The molecule has 4 unspecified atom stereocenters. The highest BCUT2D eigenvalue weighted by Gasteiger charge is 2.60. The fourth-order valence-electron chi connectivity index (χ4n) is 2.85. The van der Waals surface area contributed by atoms with E-state index in [9.17, 15) is 30.6 Å². The molecule has 2 rings (SSSR count). The summed E-state index contributed by atoms with van der Waals surface area (Å²) in [6.45, 7) is 0. The van der Waals surface area contributed by atoms with Gasteiger partial charge in [-0.05, 0) is 0 Å². The van der Waals surface area contributed by atoms with Gasteiger partial charge in [0.1, 0.15) is 0 Å². The summed E-state index contributed by atoms with van der Waals surface area (Å²) in [5.74, 6) is 0. The molecule has 6 heteroatoms. The van der Waals surface area contributed by atoms with Crippen LogP contribution in [-0.2, 0) is 0 Å². The number of aliphatic hydroxyl groups excluding tert-OH is 4. The molecular formula is C10H18O6. The summed E-state index contributed by atoms with van der Waals surface area (Å²) in [6, 6.07) is 0. The topological polar surface area (TPSA) is 121 Å². The highest BCUT2D eigenvalue weighted by atomic mass is 16.4. The Kier molecular flexibility index (Phi) is 2.77. The summed E-state index contributed by atoms with van der Waals surface area (Å²) < 4.78 is 0. The molecule has 4 atom stereocenters. The van der Waals surface area contributed by atoms with E-state index < -0.39 is 35.6 Å². The second-order valence-corrected chi connectivity index (χ2v) is 5.15. The molecule has 2 fully saturated rings. The van der Waals surface area contributed by atoms with Gasteiger partial charge < -0.3 is 30.6 Å². The van der Waals surface area contributed by atoms with Crippen molar-refractivity contribution in [2.45, 2.75) is 61.3 Å². The molecule has 0 bridgehead atoms. The molecule has 16 heavy (non-hydrogen) atoms. The molecule has 0 heterocycles. The number of rotatable bonds is 0. The summed E-state index contributed by atoms with van der Waals surface area (Å²) in [5.41, 5.74) is -3.30. The van der Waals surface area contributed by atoms with Crippen molar-refractivity contribution in [3.8, 4) is 0 Å². The molecule has 0 aromatic rings. The normalized spacial score (nSPS) is 58.1. The summed E-state index contributed by atoms with van der Waals surface area (Å²) in [5, 5.41) is 58.4. The van der Waals surface area contributed by atoms with Gasteiger partial charge in [-0.2, -0.15) is 0 Å². The third-order valence-corrected chi connectivity index (χ3v) is 3.94. The van der Waals surface area contributed by atoms with Gasteiger partial charge in [0.05, 0.1) is 35.6 Å². The van der Waals surface area contributed by atoms with Crippen molar-refractivity contribution in [1.29, 1.82) is 0 Å². The van der Waals surface area contributed by atoms with E-state index in [2.05, 4.69) is 0 Å². The lowest BCUT2D eigenvalue weighted by Gasteiger charge is -2.54. The minimum Gasteiger partial charge on any atom is -0.390 e. The van der Waals surface area contributed by atoms with Crippen molar-refractivity contribution >= 4 is 0 Å². The molecule has 6 N–H and O–H groups in total. The monoisotopic (exact) mass is 234 g/mol. The van der Waals surface area contributed by atoms with Crippen LogP contribution in [0.1, 0.15) is 25.7 Å². The third-order valence-electron chi connectivity index (χ3n) is 3.94. The first-order valence-electron chi connectivity index (χ1n) is 5.44. The van der Waals surface area contributed by atoms with Gasteiger partial charge in [-0.15, -0.1) is 0 Å². The number of aliphatic hydroxyl groups is 6. The van der Waals surface area contributed by atoms with Gasteiger partial charge in [0.25, 0.3) is 0 Å². The molecule has 0 aromatic heterocycles. The van der Waals surface area contributed by atoms with Crippen molar-refractivity contribution in [3.63, 3.8) is 0 Å². The fourth-order valence-corrected chi connectivity index (χ4v) is 2.85. The van der Waals surface area contributed by atoms with Crippen molar-refractivity contribution in [1.82, 2.24) is 0 Å². The predicted molar refractivity (Wildman–Crippen MR) is 52.4 cm³/mol. The van der Waals surface area contributed by atoms with Gasteiger partial charge in [0, 0.05) is 25.7 Å². The Hall–Kier alpha value is -0.240. The Morgan fingerprint density at radius 2 is 0.750 bits per heavy atom. The van der Waals surface area contributed by atoms with Gasteiger partial charge in [-0.3, -0.25) is 0 Å². The molecule has 0 saturated heterocycles. The molecule has 0 amide bonds. The van der Waals surface area contributed by atoms with Crippen molar-refractivity contribution in [2.75, 3.05) is 0 Å². The fraction of sp³-hybridized carbons (Fsp3) is 1.00. The van der Waals surface area contributed by atoms with Gasteiger partial charge in [0.15, 0.2) is 0 Å². The molecule has 6 nitrogen and oxygen atoms in total. The smallest absolute Gasteiger partial charge is 0.0986 e. The lowest BCUT2D eigenvalue weighted by molar-refractivity contribution is -0.267. The van der Waals surface area contributed by atoms with E-state index in [4.69, 9.17) is 0 Å². The van der Waals surface area contributed by atoms with Crippen LogP contribution in [0.5, 0.6) is 0 Å². The zero-order chi connectivity index (χ0) is 12.1. The Morgan fingerprint density at radius 3 is 0.938 bits per heavy atom. The van der Waals surface area contributed by atoms with Crippen LogP contribution in [-0.4, -0.2) is 66.3 Å². The minimum absolute atomic E-state index is 0.200. The minimum atomic E-state index is -1.65. The summed E-state index contributed by atoms with van der Waals surface area (Å²) in [7, 11) is 0. The van der Waals surface area contributed by atoms with E-state index in [1.807, 2.05) is 0 Å². The van der Waals surface area contributed by atoms with Gasteiger partial charge in [-0.1, -0.05) is 0 Å². The highest BCUT2D eigenvalue weighted by Crippen LogP contribution is 2.47. The highest BCUT2D eigenvalue weighted by molar-refractivity contribution is 5.12. The zero-order valence-corrected chi connectivity index (χ0v) is 8.82. The number of fused-ring (bicyclic) bond motifs is 1. The Labute approximate surface area is 92.8 Å². The number of hydrogen-bond donors (Lipinski definition) is 6. The summed E-state index contributed by atoms with van der Waals surface area (Å²) >= 11 is 0. The third kappa shape index (κ3) is 1.66. The molecule has 94 valence electrons. The Bertz CT molecular complexity index is 232. The van der Waals surface area contributed by atoms with Crippen molar-refractivity contribution < 1.29 is 30.6 Å².